The van der Waals surface area contributed by atoms with Gasteiger partial charge in [-0.05, 0) is 6.42 Å². The summed E-state index contributed by atoms with van der Waals surface area (Å²) < 4.78 is 1.25. The van der Waals surface area contributed by atoms with Gasteiger partial charge in [0.05, 0.1) is 6.20 Å². The minimum Gasteiger partial charge on any atom is -0.310 e. The van der Waals surface area contributed by atoms with E-state index in [0.717, 1.165) is 12.0 Å². The Kier molecular flexibility index (Phi) is 1.65. The molecule has 0 aliphatic carbocycles. The molecular formula is C8H9N3O2. The fourth-order valence-electron chi connectivity index (χ4n) is 1.35. The summed E-state index contributed by atoms with van der Waals surface area (Å²) in [5.74, 6) is 0.00917. The summed E-state index contributed by atoms with van der Waals surface area (Å²) in [7, 11) is 0. The second kappa shape index (κ2) is 2.69. The number of rotatable bonds is 1. The van der Waals surface area contributed by atoms with Gasteiger partial charge in [0.15, 0.2) is 0 Å². The normalized spacial score (nSPS) is 15.5. The van der Waals surface area contributed by atoms with Crippen LogP contribution in [0.5, 0.6) is 0 Å². The maximum absolute atomic E-state index is 11.3. The van der Waals surface area contributed by atoms with Crippen molar-refractivity contribution in [2.75, 3.05) is 5.32 Å². The quantitative estimate of drug-likeness (QED) is 0.636. The SMILES string of the molecule is CCc1cnn2c1NC(=O)CC2=O. The van der Waals surface area contributed by atoms with Gasteiger partial charge >= 0.3 is 0 Å². The zero-order chi connectivity index (χ0) is 9.42. The maximum atomic E-state index is 11.3. The lowest BCUT2D eigenvalue weighted by Crippen LogP contribution is -2.30. The molecule has 1 N–H and O–H groups in total. The molecule has 2 heterocycles. The van der Waals surface area contributed by atoms with Gasteiger partial charge in [-0.15, -0.1) is 0 Å². The van der Waals surface area contributed by atoms with Crippen molar-refractivity contribution in [1.29, 1.82) is 0 Å². The first-order chi connectivity index (χ1) is 6.22. The number of nitrogens with one attached hydrogen (secondary N) is 1. The summed E-state index contributed by atoms with van der Waals surface area (Å²) in [6.45, 7) is 1.95. The van der Waals surface area contributed by atoms with Gasteiger partial charge in [-0.25, -0.2) is 0 Å². The molecule has 0 unspecified atom stereocenters. The van der Waals surface area contributed by atoms with Gasteiger partial charge in [-0.3, -0.25) is 9.59 Å². The van der Waals surface area contributed by atoms with E-state index in [9.17, 15) is 9.59 Å². The highest BCUT2D eigenvalue weighted by molar-refractivity contribution is 6.09. The van der Waals surface area contributed by atoms with Crippen LogP contribution in [-0.4, -0.2) is 21.6 Å². The first kappa shape index (κ1) is 7.97. The molecule has 5 nitrogen and oxygen atoms in total. The van der Waals surface area contributed by atoms with Gasteiger partial charge in [0.1, 0.15) is 12.2 Å². The monoisotopic (exact) mass is 179 g/mol. The second-order valence-electron chi connectivity index (χ2n) is 2.90. The van der Waals surface area contributed by atoms with Gasteiger partial charge in [0.2, 0.25) is 5.91 Å². The van der Waals surface area contributed by atoms with Crippen molar-refractivity contribution in [3.05, 3.63) is 11.8 Å². The molecule has 5 heteroatoms. The highest BCUT2D eigenvalue weighted by atomic mass is 16.2. The minimum atomic E-state index is -0.265. The number of aryl methyl sites for hydroxylation is 1. The minimum absolute atomic E-state index is 0.113. The Morgan fingerprint density at radius 1 is 1.62 bits per heavy atom. The molecule has 1 aliphatic rings. The van der Waals surface area contributed by atoms with E-state index in [0.29, 0.717) is 5.82 Å². The van der Waals surface area contributed by atoms with Crippen molar-refractivity contribution in [3.8, 4) is 0 Å². The zero-order valence-electron chi connectivity index (χ0n) is 7.20. The lowest BCUT2D eigenvalue weighted by Gasteiger charge is -2.13. The van der Waals surface area contributed by atoms with Crippen LogP contribution < -0.4 is 5.32 Å². The number of nitrogens with zero attached hydrogens (tertiary/aromatic N) is 2. The van der Waals surface area contributed by atoms with Crippen LogP contribution in [0.1, 0.15) is 23.7 Å². The van der Waals surface area contributed by atoms with Crippen molar-refractivity contribution in [3.63, 3.8) is 0 Å². The van der Waals surface area contributed by atoms with Gasteiger partial charge in [-0.1, -0.05) is 6.92 Å². The molecule has 1 amide bonds. The van der Waals surface area contributed by atoms with E-state index >= 15 is 0 Å². The molecule has 1 aromatic heterocycles. The number of hydrogen-bond donors (Lipinski definition) is 1. The summed E-state index contributed by atoms with van der Waals surface area (Å²) >= 11 is 0. The molecule has 0 saturated carbocycles. The fourth-order valence-corrected chi connectivity index (χ4v) is 1.35. The van der Waals surface area contributed by atoms with Crippen molar-refractivity contribution < 1.29 is 9.59 Å². The molecule has 1 aromatic rings. The Morgan fingerprint density at radius 2 is 2.38 bits per heavy atom. The van der Waals surface area contributed by atoms with E-state index in [-0.39, 0.29) is 18.2 Å². The summed E-state index contributed by atoms with van der Waals surface area (Å²) in [5.41, 5.74) is 0.890. The number of fused-ring (bicyclic) bond motifs is 1. The third kappa shape index (κ3) is 1.12. The largest absolute Gasteiger partial charge is 0.310 e. The molecule has 68 valence electrons. The van der Waals surface area contributed by atoms with Crippen molar-refractivity contribution in [2.45, 2.75) is 19.8 Å². The van der Waals surface area contributed by atoms with E-state index in [1.165, 1.54) is 4.68 Å². The summed E-state index contributed by atoms with van der Waals surface area (Å²) in [6, 6.07) is 0. The Balaban J connectivity index is 2.51. The van der Waals surface area contributed by atoms with Crippen LogP contribution >= 0.6 is 0 Å². The Labute approximate surface area is 74.7 Å². The van der Waals surface area contributed by atoms with Gasteiger partial charge in [0, 0.05) is 5.56 Å². The average Bonchev–Trinajstić information content (AvgIpc) is 2.47. The molecule has 0 saturated heterocycles. The lowest BCUT2D eigenvalue weighted by atomic mass is 10.2. The Hall–Kier alpha value is -1.65. The lowest BCUT2D eigenvalue weighted by molar-refractivity contribution is -0.115. The number of carbonyl (C=O) groups excluding carboxylic acids is 2. The number of hydrogen-bond acceptors (Lipinski definition) is 3. The first-order valence-corrected chi connectivity index (χ1v) is 4.12. The average molecular weight is 179 g/mol. The summed E-state index contributed by atoms with van der Waals surface area (Å²) in [4.78, 5) is 22.3. The first-order valence-electron chi connectivity index (χ1n) is 4.12. The van der Waals surface area contributed by atoms with E-state index in [1.807, 2.05) is 6.92 Å². The van der Waals surface area contributed by atoms with Gasteiger partial charge in [-0.2, -0.15) is 9.78 Å². The third-order valence-electron chi connectivity index (χ3n) is 2.03. The molecule has 0 radical (unpaired) electrons. The van der Waals surface area contributed by atoms with E-state index in [4.69, 9.17) is 0 Å². The molecule has 0 bridgehead atoms. The predicted molar refractivity (Wildman–Crippen MR) is 45.5 cm³/mol. The topological polar surface area (TPSA) is 64.0 Å². The third-order valence-corrected chi connectivity index (χ3v) is 2.03. The van der Waals surface area contributed by atoms with Crippen LogP contribution in [0.25, 0.3) is 0 Å². The molecule has 0 atom stereocenters. The van der Waals surface area contributed by atoms with E-state index in [1.54, 1.807) is 6.20 Å². The van der Waals surface area contributed by atoms with Crippen LogP contribution in [0.4, 0.5) is 5.82 Å². The maximum Gasteiger partial charge on any atom is 0.258 e. The number of anilines is 1. The van der Waals surface area contributed by atoms with Crippen LogP contribution in [0.2, 0.25) is 0 Å². The zero-order valence-corrected chi connectivity index (χ0v) is 7.20. The Morgan fingerprint density at radius 3 is 3.08 bits per heavy atom. The standard InChI is InChI=1S/C8H9N3O2/c1-2-5-4-9-11-7(13)3-6(12)10-8(5)11/h4H,2-3H2,1H3,(H,10,12). The molecule has 2 rings (SSSR count). The molecule has 0 aromatic carbocycles. The van der Waals surface area contributed by atoms with Crippen LogP contribution in [0, 0.1) is 0 Å². The highest BCUT2D eigenvalue weighted by Crippen LogP contribution is 2.19. The van der Waals surface area contributed by atoms with E-state index < -0.39 is 0 Å². The Bertz CT molecular complexity index is 381. The van der Waals surface area contributed by atoms with Crippen molar-refractivity contribution in [2.24, 2.45) is 0 Å². The number of amides is 1. The van der Waals surface area contributed by atoms with E-state index in [2.05, 4.69) is 10.4 Å². The van der Waals surface area contributed by atoms with Gasteiger partial charge < -0.3 is 5.32 Å². The molecular weight excluding hydrogens is 170 g/mol. The molecule has 0 spiro atoms. The molecule has 13 heavy (non-hydrogen) atoms. The second-order valence-corrected chi connectivity index (χ2v) is 2.90. The van der Waals surface area contributed by atoms with Crippen LogP contribution in [0.3, 0.4) is 0 Å². The smallest absolute Gasteiger partial charge is 0.258 e. The van der Waals surface area contributed by atoms with Crippen LogP contribution in [0.15, 0.2) is 6.20 Å². The highest BCUT2D eigenvalue weighted by Gasteiger charge is 2.24. The number of carbonyl (C=O) groups is 2. The number of aromatic nitrogens is 2. The molecule has 0 fully saturated rings. The van der Waals surface area contributed by atoms with Gasteiger partial charge in [0.25, 0.3) is 5.91 Å². The van der Waals surface area contributed by atoms with Crippen molar-refractivity contribution in [1.82, 2.24) is 9.78 Å². The van der Waals surface area contributed by atoms with Crippen molar-refractivity contribution >= 4 is 17.6 Å². The fraction of sp³-hybridized carbons (Fsp3) is 0.375. The van der Waals surface area contributed by atoms with Crippen LogP contribution in [-0.2, 0) is 11.2 Å². The summed E-state index contributed by atoms with van der Waals surface area (Å²) in [6.07, 6.45) is 2.25. The summed E-state index contributed by atoms with van der Waals surface area (Å²) in [5, 5.41) is 6.53. The predicted octanol–water partition coefficient (Wildman–Crippen LogP) is 0.428. The molecule has 1 aliphatic heterocycles.